The summed E-state index contributed by atoms with van der Waals surface area (Å²) >= 11 is 5.89. The van der Waals surface area contributed by atoms with Crippen LogP contribution in [0.4, 0.5) is 0 Å². The minimum Gasteiger partial charge on any atom is -0.496 e. The summed E-state index contributed by atoms with van der Waals surface area (Å²) in [4.78, 5) is 2.44. The quantitative estimate of drug-likeness (QED) is 0.587. The molecule has 2 fully saturated rings. The number of ether oxygens (including phenoxy) is 1. The number of nitrogens with zero attached hydrogens (tertiary/aromatic N) is 1. The Morgan fingerprint density at radius 1 is 1.04 bits per heavy atom. The molecule has 0 saturated heterocycles. The van der Waals surface area contributed by atoms with Crippen molar-refractivity contribution in [2.75, 3.05) is 7.11 Å². The first-order valence-corrected chi connectivity index (χ1v) is 10.4. The third kappa shape index (κ3) is 5.10. The van der Waals surface area contributed by atoms with Gasteiger partial charge in [0.2, 0.25) is 0 Å². The smallest absolute Gasteiger partial charge is 0.169 e. The Hall–Kier alpha value is -1.29. The van der Waals surface area contributed by atoms with E-state index in [0.717, 1.165) is 17.4 Å². The van der Waals surface area contributed by atoms with E-state index < -0.39 is 0 Å². The second-order valence-electron chi connectivity index (χ2n) is 7.52. The highest BCUT2D eigenvalue weighted by Gasteiger charge is 2.26. The van der Waals surface area contributed by atoms with E-state index in [1.807, 2.05) is 12.1 Å². The van der Waals surface area contributed by atoms with E-state index in [4.69, 9.17) is 17.0 Å². The maximum absolute atomic E-state index is 5.89. The molecule has 0 heterocycles. The molecule has 0 atom stereocenters. The Balaban J connectivity index is 1.71. The number of benzene rings is 1. The van der Waals surface area contributed by atoms with Crippen molar-refractivity contribution >= 4 is 17.3 Å². The largest absolute Gasteiger partial charge is 0.496 e. The zero-order valence-corrected chi connectivity index (χ0v) is 16.3. The standard InChI is InChI=1S/C21H32N2OS/c1-24-20-15-9-6-10-17(20)16-23(19-13-7-8-14-19)21(25)22-18-11-4-2-3-5-12-18/h6,9-10,15,18-19H,2-5,7-8,11-14,16H2,1H3,(H,22,25). The number of nitrogens with one attached hydrogen (secondary N) is 1. The van der Waals surface area contributed by atoms with E-state index in [-0.39, 0.29) is 0 Å². The van der Waals surface area contributed by atoms with Crippen LogP contribution in [0.25, 0.3) is 0 Å². The van der Waals surface area contributed by atoms with E-state index in [9.17, 15) is 0 Å². The van der Waals surface area contributed by atoms with Gasteiger partial charge in [0, 0.05) is 24.2 Å². The predicted molar refractivity (Wildman–Crippen MR) is 108 cm³/mol. The molecule has 3 nitrogen and oxygen atoms in total. The number of methoxy groups -OCH3 is 1. The molecular weight excluding hydrogens is 328 g/mol. The highest BCUT2D eigenvalue weighted by molar-refractivity contribution is 7.80. The monoisotopic (exact) mass is 360 g/mol. The zero-order chi connectivity index (χ0) is 17.5. The molecule has 0 aromatic heterocycles. The van der Waals surface area contributed by atoms with Crippen molar-refractivity contribution in [2.24, 2.45) is 0 Å². The second-order valence-corrected chi connectivity index (χ2v) is 7.90. The van der Waals surface area contributed by atoms with Crippen molar-refractivity contribution in [2.45, 2.75) is 82.8 Å². The van der Waals surface area contributed by atoms with Gasteiger partial charge in [0.15, 0.2) is 5.11 Å². The Morgan fingerprint density at radius 2 is 1.68 bits per heavy atom. The van der Waals surface area contributed by atoms with Crippen LogP contribution in [0.2, 0.25) is 0 Å². The van der Waals surface area contributed by atoms with Crippen molar-refractivity contribution in [1.82, 2.24) is 10.2 Å². The van der Waals surface area contributed by atoms with Gasteiger partial charge in [0.25, 0.3) is 0 Å². The Kier molecular flexibility index (Phi) is 6.97. The number of rotatable bonds is 5. The lowest BCUT2D eigenvalue weighted by Crippen LogP contribution is -2.48. The number of thiocarbonyl (C=S) groups is 1. The maximum Gasteiger partial charge on any atom is 0.169 e. The Bertz CT molecular complexity index is 549. The molecule has 2 saturated carbocycles. The van der Waals surface area contributed by atoms with E-state index in [1.165, 1.54) is 69.8 Å². The average molecular weight is 361 g/mol. The molecule has 1 aromatic rings. The van der Waals surface area contributed by atoms with Crippen LogP contribution < -0.4 is 10.1 Å². The van der Waals surface area contributed by atoms with Gasteiger partial charge in [-0.15, -0.1) is 0 Å². The number of hydrogen-bond acceptors (Lipinski definition) is 2. The van der Waals surface area contributed by atoms with Crippen molar-refractivity contribution in [3.05, 3.63) is 29.8 Å². The first-order valence-electron chi connectivity index (χ1n) is 9.97. The van der Waals surface area contributed by atoms with Crippen LogP contribution in [0.3, 0.4) is 0 Å². The second kappa shape index (κ2) is 9.42. The molecule has 0 spiro atoms. The molecule has 3 rings (SSSR count). The molecular formula is C21H32N2OS. The average Bonchev–Trinajstić information content (AvgIpc) is 3.04. The van der Waals surface area contributed by atoms with Gasteiger partial charge in [-0.1, -0.05) is 56.7 Å². The first kappa shape index (κ1) is 18.5. The molecule has 25 heavy (non-hydrogen) atoms. The predicted octanol–water partition coefficient (Wildman–Crippen LogP) is 5.04. The summed E-state index contributed by atoms with van der Waals surface area (Å²) in [6.45, 7) is 0.841. The fourth-order valence-electron chi connectivity index (χ4n) is 4.28. The van der Waals surface area contributed by atoms with Gasteiger partial charge >= 0.3 is 0 Å². The maximum atomic E-state index is 5.89. The molecule has 2 aliphatic carbocycles. The lowest BCUT2D eigenvalue weighted by Gasteiger charge is -2.34. The van der Waals surface area contributed by atoms with E-state index >= 15 is 0 Å². The van der Waals surface area contributed by atoms with Crippen LogP contribution in [0.1, 0.15) is 69.8 Å². The molecule has 0 amide bonds. The third-order valence-corrected chi connectivity index (χ3v) is 6.09. The zero-order valence-electron chi connectivity index (χ0n) is 15.5. The SMILES string of the molecule is COc1ccccc1CN(C(=S)NC1CCCCCC1)C1CCCC1. The van der Waals surface area contributed by atoms with E-state index in [0.29, 0.717) is 12.1 Å². The fraction of sp³-hybridized carbons (Fsp3) is 0.667. The molecule has 0 unspecified atom stereocenters. The highest BCUT2D eigenvalue weighted by Crippen LogP contribution is 2.28. The van der Waals surface area contributed by atoms with Crippen LogP contribution in [-0.4, -0.2) is 29.2 Å². The summed E-state index contributed by atoms with van der Waals surface area (Å²) in [5.74, 6) is 0.961. The van der Waals surface area contributed by atoms with Gasteiger partial charge in [0.1, 0.15) is 5.75 Å². The summed E-state index contributed by atoms with van der Waals surface area (Å²) in [6, 6.07) is 9.45. The van der Waals surface area contributed by atoms with Crippen LogP contribution in [0.15, 0.2) is 24.3 Å². The van der Waals surface area contributed by atoms with Gasteiger partial charge in [-0.25, -0.2) is 0 Å². The minimum atomic E-state index is 0.552. The van der Waals surface area contributed by atoms with Gasteiger partial charge < -0.3 is 15.0 Å². The van der Waals surface area contributed by atoms with E-state index in [2.05, 4.69) is 22.3 Å². The highest BCUT2D eigenvalue weighted by atomic mass is 32.1. The van der Waals surface area contributed by atoms with Crippen molar-refractivity contribution in [3.8, 4) is 5.75 Å². The van der Waals surface area contributed by atoms with E-state index in [1.54, 1.807) is 7.11 Å². The molecule has 0 aliphatic heterocycles. The van der Waals surface area contributed by atoms with Gasteiger partial charge in [-0.05, 0) is 44.0 Å². The lowest BCUT2D eigenvalue weighted by molar-refractivity contribution is 0.292. The summed E-state index contributed by atoms with van der Waals surface area (Å²) in [5.41, 5.74) is 1.22. The molecule has 138 valence electrons. The van der Waals surface area contributed by atoms with Crippen LogP contribution >= 0.6 is 12.2 Å². The van der Waals surface area contributed by atoms with Crippen molar-refractivity contribution < 1.29 is 4.74 Å². The molecule has 1 N–H and O–H groups in total. The van der Waals surface area contributed by atoms with Crippen LogP contribution in [0, 0.1) is 0 Å². The Morgan fingerprint density at radius 3 is 2.36 bits per heavy atom. The topological polar surface area (TPSA) is 24.5 Å². The minimum absolute atomic E-state index is 0.552. The molecule has 4 heteroatoms. The van der Waals surface area contributed by atoms with Gasteiger partial charge in [0.05, 0.1) is 7.11 Å². The fourth-order valence-corrected chi connectivity index (χ4v) is 4.66. The number of hydrogen-bond donors (Lipinski definition) is 1. The molecule has 0 bridgehead atoms. The molecule has 0 radical (unpaired) electrons. The normalized spacial score (nSPS) is 19.4. The lowest BCUT2D eigenvalue weighted by atomic mass is 10.1. The Labute approximate surface area is 158 Å². The summed E-state index contributed by atoms with van der Waals surface area (Å²) in [6.07, 6.45) is 13.1. The number of para-hydroxylation sites is 1. The van der Waals surface area contributed by atoms with Gasteiger partial charge in [-0.3, -0.25) is 0 Å². The summed E-state index contributed by atoms with van der Waals surface area (Å²) in [7, 11) is 1.75. The van der Waals surface area contributed by atoms with Crippen molar-refractivity contribution in [1.29, 1.82) is 0 Å². The van der Waals surface area contributed by atoms with Crippen LogP contribution in [0.5, 0.6) is 5.75 Å². The van der Waals surface area contributed by atoms with Crippen molar-refractivity contribution in [3.63, 3.8) is 0 Å². The summed E-state index contributed by atoms with van der Waals surface area (Å²) in [5, 5.41) is 4.66. The summed E-state index contributed by atoms with van der Waals surface area (Å²) < 4.78 is 5.56. The molecule has 2 aliphatic rings. The first-order chi connectivity index (χ1) is 12.3. The third-order valence-electron chi connectivity index (χ3n) is 5.74. The van der Waals surface area contributed by atoms with Gasteiger partial charge in [-0.2, -0.15) is 0 Å². The van der Waals surface area contributed by atoms with Crippen LogP contribution in [-0.2, 0) is 6.54 Å². The molecule has 1 aromatic carbocycles.